The highest BCUT2D eigenvalue weighted by atomic mass is 79.9. The standard InChI is InChI=1S/C24H18BrNO5S/c1-29-20-11-16(17(25)13-21(20)30-14-15-7-3-2-4-8-15)12-22(23(27)28)32-24-26-18-9-5-6-10-19(18)31-24/h2-13H,14H2,1H3,(H,27,28)/b22-12-. The minimum atomic E-state index is -1.09. The molecule has 0 saturated carbocycles. The number of rotatable bonds is 8. The summed E-state index contributed by atoms with van der Waals surface area (Å²) in [5, 5.41) is 9.98. The molecule has 0 bridgehead atoms. The molecule has 0 fully saturated rings. The van der Waals surface area contributed by atoms with E-state index in [-0.39, 0.29) is 10.1 Å². The highest BCUT2D eigenvalue weighted by Gasteiger charge is 2.17. The second-order valence-corrected chi connectivity index (χ2v) is 8.51. The molecule has 0 aliphatic heterocycles. The van der Waals surface area contributed by atoms with E-state index in [1.807, 2.05) is 48.5 Å². The summed E-state index contributed by atoms with van der Waals surface area (Å²) in [6.07, 6.45) is 1.54. The van der Waals surface area contributed by atoms with Gasteiger partial charge in [-0.05, 0) is 53.2 Å². The van der Waals surface area contributed by atoms with Gasteiger partial charge < -0.3 is 19.0 Å². The van der Waals surface area contributed by atoms with E-state index in [4.69, 9.17) is 13.9 Å². The van der Waals surface area contributed by atoms with Crippen LogP contribution in [0, 0.1) is 0 Å². The van der Waals surface area contributed by atoms with E-state index in [9.17, 15) is 9.90 Å². The summed E-state index contributed by atoms with van der Waals surface area (Å²) in [5.41, 5.74) is 2.91. The zero-order chi connectivity index (χ0) is 22.5. The molecular weight excluding hydrogens is 494 g/mol. The summed E-state index contributed by atoms with van der Waals surface area (Å²) in [5.74, 6) is -0.0524. The number of ether oxygens (including phenoxy) is 2. The Kier molecular flexibility index (Phi) is 6.82. The molecule has 4 rings (SSSR count). The summed E-state index contributed by atoms with van der Waals surface area (Å²) in [6.45, 7) is 0.382. The summed E-state index contributed by atoms with van der Waals surface area (Å²) in [4.78, 5) is 16.3. The monoisotopic (exact) mass is 511 g/mol. The van der Waals surface area contributed by atoms with Gasteiger partial charge in [-0.25, -0.2) is 9.78 Å². The van der Waals surface area contributed by atoms with E-state index in [1.165, 1.54) is 13.2 Å². The molecule has 1 heterocycles. The second-order valence-electron chi connectivity index (χ2n) is 6.66. The lowest BCUT2D eigenvalue weighted by Crippen LogP contribution is -1.99. The minimum absolute atomic E-state index is 0.0530. The second kappa shape index (κ2) is 9.93. The van der Waals surface area contributed by atoms with Crippen molar-refractivity contribution in [2.24, 2.45) is 0 Å². The van der Waals surface area contributed by atoms with E-state index >= 15 is 0 Å². The first-order chi connectivity index (χ1) is 15.5. The summed E-state index contributed by atoms with van der Waals surface area (Å²) in [7, 11) is 1.54. The smallest absolute Gasteiger partial charge is 0.342 e. The third-order valence-corrected chi connectivity index (χ3v) is 6.04. The fourth-order valence-electron chi connectivity index (χ4n) is 2.93. The number of aliphatic carboxylic acids is 1. The maximum absolute atomic E-state index is 11.9. The zero-order valence-corrected chi connectivity index (χ0v) is 19.4. The fraction of sp³-hybridized carbons (Fsp3) is 0.0833. The highest BCUT2D eigenvalue weighted by molar-refractivity contribution is 9.10. The number of carbonyl (C=O) groups is 1. The van der Waals surface area contributed by atoms with E-state index in [0.29, 0.717) is 39.2 Å². The van der Waals surface area contributed by atoms with Gasteiger partial charge in [0.15, 0.2) is 17.1 Å². The molecule has 3 aromatic carbocycles. The third kappa shape index (κ3) is 5.15. The Labute approximate surface area is 197 Å². The Morgan fingerprint density at radius 3 is 2.59 bits per heavy atom. The summed E-state index contributed by atoms with van der Waals surface area (Å²) < 4.78 is 17.7. The third-order valence-electron chi connectivity index (χ3n) is 4.49. The number of carboxylic acids is 1. The van der Waals surface area contributed by atoms with Crippen molar-refractivity contribution >= 4 is 50.8 Å². The van der Waals surface area contributed by atoms with Crippen LogP contribution in [0.2, 0.25) is 0 Å². The molecule has 4 aromatic rings. The van der Waals surface area contributed by atoms with E-state index in [0.717, 1.165) is 17.3 Å². The number of nitrogens with zero attached hydrogens (tertiary/aromatic N) is 1. The average Bonchev–Trinajstić information content (AvgIpc) is 3.21. The number of aromatic nitrogens is 1. The Bertz CT molecular complexity index is 1250. The normalized spacial score (nSPS) is 11.5. The van der Waals surface area contributed by atoms with Crippen LogP contribution in [0.25, 0.3) is 17.2 Å². The maximum Gasteiger partial charge on any atom is 0.342 e. The van der Waals surface area contributed by atoms with Gasteiger partial charge in [-0.3, -0.25) is 0 Å². The molecule has 6 nitrogen and oxygen atoms in total. The molecule has 0 aliphatic carbocycles. The van der Waals surface area contributed by atoms with Gasteiger partial charge in [-0.15, -0.1) is 0 Å². The first-order valence-electron chi connectivity index (χ1n) is 9.56. The lowest BCUT2D eigenvalue weighted by atomic mass is 10.2. The molecule has 0 saturated heterocycles. The number of fused-ring (bicyclic) bond motifs is 1. The molecule has 1 N–H and O–H groups in total. The molecular formula is C24H18BrNO5S. The first-order valence-corrected chi connectivity index (χ1v) is 11.2. The Balaban J connectivity index is 1.60. The number of oxazole rings is 1. The van der Waals surface area contributed by atoms with Crippen LogP contribution in [-0.4, -0.2) is 23.2 Å². The maximum atomic E-state index is 11.9. The van der Waals surface area contributed by atoms with Crippen molar-refractivity contribution in [1.29, 1.82) is 0 Å². The largest absolute Gasteiger partial charge is 0.493 e. The highest BCUT2D eigenvalue weighted by Crippen LogP contribution is 2.37. The van der Waals surface area contributed by atoms with E-state index < -0.39 is 5.97 Å². The van der Waals surface area contributed by atoms with Gasteiger partial charge in [-0.1, -0.05) is 58.4 Å². The number of hydrogen-bond acceptors (Lipinski definition) is 6. The first kappa shape index (κ1) is 22.0. The molecule has 1 aromatic heterocycles. The van der Waals surface area contributed by atoms with Gasteiger partial charge >= 0.3 is 5.97 Å². The predicted molar refractivity (Wildman–Crippen MR) is 127 cm³/mol. The van der Waals surface area contributed by atoms with Gasteiger partial charge in [0.1, 0.15) is 17.0 Å². The number of thioether (sulfide) groups is 1. The molecule has 0 aliphatic rings. The van der Waals surface area contributed by atoms with Crippen molar-refractivity contribution < 1.29 is 23.8 Å². The quantitative estimate of drug-likeness (QED) is 0.216. The van der Waals surface area contributed by atoms with E-state index in [1.54, 1.807) is 18.2 Å². The van der Waals surface area contributed by atoms with Crippen molar-refractivity contribution in [1.82, 2.24) is 4.98 Å². The van der Waals surface area contributed by atoms with Gasteiger partial charge in [0.25, 0.3) is 5.22 Å². The van der Waals surface area contributed by atoms with Crippen LogP contribution >= 0.6 is 27.7 Å². The molecule has 0 spiro atoms. The van der Waals surface area contributed by atoms with Crippen LogP contribution in [0.15, 0.2) is 85.7 Å². The Morgan fingerprint density at radius 1 is 1.12 bits per heavy atom. The van der Waals surface area contributed by atoms with Crippen LogP contribution in [0.4, 0.5) is 0 Å². The summed E-state index contributed by atoms with van der Waals surface area (Å²) in [6, 6.07) is 20.5. The number of halogens is 1. The van der Waals surface area contributed by atoms with Crippen LogP contribution in [-0.2, 0) is 11.4 Å². The molecule has 8 heteroatoms. The Hall–Kier alpha value is -3.23. The molecule has 0 unspecified atom stereocenters. The van der Waals surface area contributed by atoms with Gasteiger partial charge in [0, 0.05) is 4.47 Å². The number of carboxylic acid groups (broad SMARTS) is 1. The minimum Gasteiger partial charge on any atom is -0.493 e. The topological polar surface area (TPSA) is 81.8 Å². The zero-order valence-electron chi connectivity index (χ0n) is 16.9. The number of benzene rings is 3. The van der Waals surface area contributed by atoms with Gasteiger partial charge in [-0.2, -0.15) is 0 Å². The molecule has 162 valence electrons. The Morgan fingerprint density at radius 2 is 1.88 bits per heavy atom. The number of para-hydroxylation sites is 2. The van der Waals surface area contributed by atoms with Crippen LogP contribution in [0.3, 0.4) is 0 Å². The lowest BCUT2D eigenvalue weighted by Gasteiger charge is -2.13. The van der Waals surface area contributed by atoms with Gasteiger partial charge in [0.05, 0.1) is 7.11 Å². The van der Waals surface area contributed by atoms with Crippen molar-refractivity contribution in [2.45, 2.75) is 11.8 Å². The fourth-order valence-corrected chi connectivity index (χ4v) is 4.11. The molecule has 32 heavy (non-hydrogen) atoms. The van der Waals surface area contributed by atoms with Crippen molar-refractivity contribution in [3.8, 4) is 11.5 Å². The van der Waals surface area contributed by atoms with E-state index in [2.05, 4.69) is 20.9 Å². The average molecular weight is 512 g/mol. The van der Waals surface area contributed by atoms with Crippen LogP contribution in [0.1, 0.15) is 11.1 Å². The number of methoxy groups -OCH3 is 1. The molecule has 0 amide bonds. The van der Waals surface area contributed by atoms with Crippen LogP contribution < -0.4 is 9.47 Å². The van der Waals surface area contributed by atoms with Gasteiger partial charge in [0.2, 0.25) is 0 Å². The predicted octanol–water partition coefficient (Wildman–Crippen LogP) is 6.40. The van der Waals surface area contributed by atoms with Crippen molar-refractivity contribution in [2.75, 3.05) is 7.11 Å². The van der Waals surface area contributed by atoms with Crippen molar-refractivity contribution in [3.63, 3.8) is 0 Å². The molecule has 0 radical (unpaired) electrons. The molecule has 0 atom stereocenters. The SMILES string of the molecule is COc1cc(/C=C(\Sc2nc3ccccc3o2)C(=O)O)c(Br)cc1OCc1ccccc1. The van der Waals surface area contributed by atoms with Crippen molar-refractivity contribution in [3.05, 3.63) is 87.2 Å². The lowest BCUT2D eigenvalue weighted by molar-refractivity contribution is -0.131. The summed E-state index contributed by atoms with van der Waals surface area (Å²) >= 11 is 4.45. The van der Waals surface area contributed by atoms with Crippen LogP contribution in [0.5, 0.6) is 11.5 Å². The number of hydrogen-bond donors (Lipinski definition) is 1.